The van der Waals surface area contributed by atoms with E-state index < -0.39 is 44.7 Å². The van der Waals surface area contributed by atoms with Gasteiger partial charge in [-0.05, 0) is 70.6 Å². The predicted octanol–water partition coefficient (Wildman–Crippen LogP) is 8.01. The molecule has 0 aromatic rings. The Morgan fingerprint density at radius 1 is 0.731 bits per heavy atom. The van der Waals surface area contributed by atoms with Crippen LogP contribution in [0.3, 0.4) is 0 Å². The van der Waals surface area contributed by atoms with Crippen molar-refractivity contribution >= 4 is 13.7 Å². The van der Waals surface area contributed by atoms with Gasteiger partial charge in [0.15, 0.2) is 0 Å². The van der Waals surface area contributed by atoms with E-state index in [1.165, 1.54) is 32.1 Å². The number of hydrogen-bond acceptors (Lipinski definition) is 7. The summed E-state index contributed by atoms with van der Waals surface area (Å²) in [5.41, 5.74) is 0. The molecule has 0 spiro atoms. The van der Waals surface area contributed by atoms with Gasteiger partial charge in [0.2, 0.25) is 5.91 Å². The zero-order valence-corrected chi connectivity index (χ0v) is 33.9. The molecule has 0 heterocycles. The molecule has 0 saturated heterocycles. The number of quaternary nitrogens is 1. The van der Waals surface area contributed by atoms with Crippen molar-refractivity contribution < 1.29 is 43.1 Å². The summed E-state index contributed by atoms with van der Waals surface area (Å²) in [6.07, 6.45) is 34.3. The van der Waals surface area contributed by atoms with Crippen molar-refractivity contribution in [2.24, 2.45) is 0 Å². The van der Waals surface area contributed by atoms with Crippen LogP contribution in [0.25, 0.3) is 0 Å². The number of amides is 1. The normalized spacial score (nSPS) is 16.6. The van der Waals surface area contributed by atoms with Gasteiger partial charge >= 0.3 is 7.82 Å². The maximum atomic E-state index is 12.8. The van der Waals surface area contributed by atoms with Crippen LogP contribution in [0.2, 0.25) is 0 Å². The molecule has 5 N–H and O–H groups in total. The SMILES string of the molecule is CC/C=C\C/C=C\C/C=C\C/C=C\C[C@@H](O)[C@H](O)CCCC(=O)N[C@@H](COP(=O)(O)OCC[N+](C)(C)C)[C@H](O)/C=C/CC/C=C\CCCCCCC. The van der Waals surface area contributed by atoms with E-state index in [0.29, 0.717) is 30.3 Å². The van der Waals surface area contributed by atoms with Gasteiger partial charge in [-0.15, -0.1) is 0 Å². The van der Waals surface area contributed by atoms with Gasteiger partial charge in [0, 0.05) is 6.42 Å². The van der Waals surface area contributed by atoms with Crippen LogP contribution in [0.4, 0.5) is 0 Å². The van der Waals surface area contributed by atoms with Gasteiger partial charge in [-0.1, -0.05) is 112 Å². The number of phosphoric ester groups is 1. The van der Waals surface area contributed by atoms with E-state index in [4.69, 9.17) is 9.05 Å². The second-order valence-electron chi connectivity index (χ2n) is 14.2. The minimum absolute atomic E-state index is 0.000518. The topological polar surface area (TPSA) is 146 Å². The molecule has 5 atom stereocenters. The molecule has 1 amide bonds. The van der Waals surface area contributed by atoms with Gasteiger partial charge in [-0.25, -0.2) is 4.57 Å². The summed E-state index contributed by atoms with van der Waals surface area (Å²) < 4.78 is 23.3. The molecule has 0 aromatic heterocycles. The number of rotatable bonds is 33. The fourth-order valence-electron chi connectivity index (χ4n) is 4.85. The van der Waals surface area contributed by atoms with Crippen molar-refractivity contribution in [3.05, 3.63) is 72.9 Å². The molecule has 0 saturated carbocycles. The Morgan fingerprint density at radius 2 is 1.33 bits per heavy atom. The standard InChI is InChI=1S/C41H73N2O8P/c1-6-8-10-12-14-16-18-20-22-24-26-28-31-39(45)40(46)32-29-33-41(47)42-37(36-51-52(48,49)50-35-34-43(3,4)5)38(44)30-27-25-23-21-19-17-15-13-11-9-7-2/h8,10,14,16,19-22,26-28,30,37-40,44-46H,6-7,9,11-13,15,17-18,23-25,29,31-36H2,1-5H3,(H-,42,47,48,49)/p+1/b10-8-,16-14-,21-19-,22-20-,28-26-,30-27+/t37-,38+,39+,40+/m0/s1. The lowest BCUT2D eigenvalue weighted by Crippen LogP contribution is -2.45. The Morgan fingerprint density at radius 3 is 1.96 bits per heavy atom. The van der Waals surface area contributed by atoms with Crippen LogP contribution in [-0.2, 0) is 18.4 Å². The van der Waals surface area contributed by atoms with Gasteiger partial charge in [-0.2, -0.15) is 0 Å². The number of carbonyl (C=O) groups excluding carboxylic acids is 1. The van der Waals surface area contributed by atoms with Gasteiger partial charge in [-0.3, -0.25) is 13.8 Å². The number of allylic oxidation sites excluding steroid dienone is 10. The molecule has 11 heteroatoms. The largest absolute Gasteiger partial charge is 0.472 e. The number of nitrogens with zero attached hydrogens (tertiary/aromatic N) is 1. The Bertz CT molecular complexity index is 1110. The molecule has 0 aromatic carbocycles. The summed E-state index contributed by atoms with van der Waals surface area (Å²) in [6, 6.07) is -1.00. The lowest BCUT2D eigenvalue weighted by Gasteiger charge is -2.25. The van der Waals surface area contributed by atoms with Crippen molar-refractivity contribution in [2.45, 2.75) is 141 Å². The number of phosphoric acid groups is 1. The highest BCUT2D eigenvalue weighted by molar-refractivity contribution is 7.47. The van der Waals surface area contributed by atoms with E-state index in [2.05, 4.69) is 67.8 Å². The highest BCUT2D eigenvalue weighted by Crippen LogP contribution is 2.43. The Balaban J connectivity index is 4.84. The smallest absolute Gasteiger partial charge is 0.390 e. The van der Waals surface area contributed by atoms with Crippen molar-refractivity contribution in [1.29, 1.82) is 0 Å². The Labute approximate surface area is 316 Å². The monoisotopic (exact) mass is 754 g/mol. The summed E-state index contributed by atoms with van der Waals surface area (Å²) in [4.78, 5) is 23.0. The first-order valence-corrected chi connectivity index (χ1v) is 21.0. The number of carbonyl (C=O) groups is 1. The van der Waals surface area contributed by atoms with Crippen LogP contribution in [-0.4, -0.2) is 95.9 Å². The van der Waals surface area contributed by atoms with Crippen molar-refractivity contribution in [3.63, 3.8) is 0 Å². The zero-order valence-electron chi connectivity index (χ0n) is 33.0. The molecular formula is C41H74N2O8P+. The summed E-state index contributed by atoms with van der Waals surface area (Å²) in [5, 5.41) is 34.4. The van der Waals surface area contributed by atoms with Crippen LogP contribution in [0, 0.1) is 0 Å². The van der Waals surface area contributed by atoms with E-state index in [0.717, 1.165) is 38.5 Å². The Kier molecular flexibility index (Phi) is 31.0. The van der Waals surface area contributed by atoms with E-state index in [-0.39, 0.29) is 19.4 Å². The van der Waals surface area contributed by atoms with E-state index in [9.17, 15) is 29.6 Å². The predicted molar refractivity (Wildman–Crippen MR) is 215 cm³/mol. The van der Waals surface area contributed by atoms with E-state index >= 15 is 0 Å². The van der Waals surface area contributed by atoms with Crippen molar-refractivity contribution in [1.82, 2.24) is 5.32 Å². The van der Waals surface area contributed by atoms with Crippen LogP contribution in [0.1, 0.15) is 117 Å². The van der Waals surface area contributed by atoms with Gasteiger partial charge in [0.05, 0.1) is 52.1 Å². The lowest BCUT2D eigenvalue weighted by atomic mass is 10.0. The molecule has 0 fully saturated rings. The van der Waals surface area contributed by atoms with Gasteiger partial charge in [0.1, 0.15) is 13.2 Å². The fraction of sp³-hybridized carbons (Fsp3) is 0.683. The molecule has 0 aliphatic heterocycles. The average Bonchev–Trinajstić information content (AvgIpc) is 3.08. The lowest BCUT2D eigenvalue weighted by molar-refractivity contribution is -0.870. The number of hydrogen-bond donors (Lipinski definition) is 5. The second-order valence-corrected chi connectivity index (χ2v) is 15.7. The molecule has 0 bridgehead atoms. The van der Waals surface area contributed by atoms with E-state index in [1.807, 2.05) is 39.4 Å². The summed E-state index contributed by atoms with van der Waals surface area (Å²) >= 11 is 0. The summed E-state index contributed by atoms with van der Waals surface area (Å²) in [7, 11) is 1.36. The molecule has 0 rings (SSSR count). The molecule has 0 aliphatic rings. The van der Waals surface area contributed by atoms with Crippen molar-refractivity contribution in [3.8, 4) is 0 Å². The first-order chi connectivity index (χ1) is 24.8. The third-order valence-electron chi connectivity index (χ3n) is 8.11. The number of nitrogens with one attached hydrogen (secondary N) is 1. The number of likely N-dealkylation sites (N-methyl/N-ethyl adjacent to an activating group) is 1. The molecule has 1 unspecified atom stereocenters. The molecule has 52 heavy (non-hydrogen) atoms. The summed E-state index contributed by atoms with van der Waals surface area (Å²) in [6.45, 7) is 4.36. The second kappa shape index (κ2) is 32.3. The first-order valence-electron chi connectivity index (χ1n) is 19.5. The molecular weight excluding hydrogens is 679 g/mol. The molecule has 300 valence electrons. The highest BCUT2D eigenvalue weighted by Gasteiger charge is 2.28. The van der Waals surface area contributed by atoms with Gasteiger partial charge < -0.3 is 30.0 Å². The van der Waals surface area contributed by atoms with Crippen LogP contribution >= 0.6 is 7.82 Å². The number of aliphatic hydroxyl groups excluding tert-OH is 3. The third-order valence-corrected chi connectivity index (χ3v) is 9.10. The molecule has 10 nitrogen and oxygen atoms in total. The molecule has 0 radical (unpaired) electrons. The van der Waals surface area contributed by atoms with Crippen LogP contribution in [0.5, 0.6) is 0 Å². The third kappa shape index (κ3) is 32.5. The quantitative estimate of drug-likeness (QED) is 0.0196. The van der Waals surface area contributed by atoms with Gasteiger partial charge in [0.25, 0.3) is 0 Å². The Hall–Kier alpha value is -2.14. The van der Waals surface area contributed by atoms with Crippen LogP contribution < -0.4 is 5.32 Å². The average molecular weight is 754 g/mol. The summed E-state index contributed by atoms with van der Waals surface area (Å²) in [5.74, 6) is -0.415. The number of aliphatic hydroxyl groups is 3. The highest BCUT2D eigenvalue weighted by atomic mass is 31.2. The van der Waals surface area contributed by atoms with Crippen LogP contribution in [0.15, 0.2) is 72.9 Å². The van der Waals surface area contributed by atoms with E-state index in [1.54, 1.807) is 6.08 Å². The number of unbranched alkanes of at least 4 members (excludes halogenated alkanes) is 6. The fourth-order valence-corrected chi connectivity index (χ4v) is 5.58. The molecule has 0 aliphatic carbocycles. The maximum absolute atomic E-state index is 12.8. The zero-order chi connectivity index (χ0) is 38.9. The minimum Gasteiger partial charge on any atom is -0.390 e. The van der Waals surface area contributed by atoms with Crippen molar-refractivity contribution in [2.75, 3.05) is 40.9 Å². The first kappa shape index (κ1) is 49.9. The maximum Gasteiger partial charge on any atom is 0.472 e. The minimum atomic E-state index is -4.42.